The summed E-state index contributed by atoms with van der Waals surface area (Å²) in [4.78, 5) is 10.9. The van der Waals surface area contributed by atoms with Crippen molar-refractivity contribution in [1.82, 2.24) is 0 Å². The van der Waals surface area contributed by atoms with Crippen molar-refractivity contribution < 1.29 is 22.7 Å². The van der Waals surface area contributed by atoms with Gasteiger partial charge in [-0.05, 0) is 12.3 Å². The normalized spacial score (nSPS) is 13.3. The van der Waals surface area contributed by atoms with Crippen molar-refractivity contribution in [3.8, 4) is 0 Å². The molecule has 0 aromatic carbocycles. The lowest BCUT2D eigenvalue weighted by Crippen LogP contribution is -2.22. The molecule has 1 unspecified atom stereocenters. The van der Waals surface area contributed by atoms with Gasteiger partial charge in [-0.2, -0.15) is 13.2 Å². The third-order valence-corrected chi connectivity index (χ3v) is 2.14. The molecule has 0 aromatic rings. The van der Waals surface area contributed by atoms with Crippen molar-refractivity contribution in [2.75, 3.05) is 6.61 Å². The predicted molar refractivity (Wildman–Crippen MR) is 54.8 cm³/mol. The van der Waals surface area contributed by atoms with Crippen LogP contribution in [0.1, 0.15) is 33.1 Å². The molecule has 0 radical (unpaired) electrons. The Balaban J connectivity index is 3.94. The van der Waals surface area contributed by atoms with Crippen LogP contribution in [0.25, 0.3) is 0 Å². The van der Waals surface area contributed by atoms with Crippen LogP contribution in [0.5, 0.6) is 0 Å². The first kappa shape index (κ1) is 15.0. The summed E-state index contributed by atoms with van der Waals surface area (Å²) in [7, 11) is 0. The van der Waals surface area contributed by atoms with Crippen LogP contribution in [0.2, 0.25) is 0 Å². The minimum atomic E-state index is -4.70. The standard InChI is InChI=1S/C11H17F3O2/c1-4-5-6-8(2)7-16-10(15)9(3)11(12,13)14/h8H,3-7H2,1-2H3. The third kappa shape index (κ3) is 5.78. The smallest absolute Gasteiger partial charge is 0.422 e. The van der Waals surface area contributed by atoms with E-state index in [9.17, 15) is 18.0 Å². The molecule has 0 aliphatic carbocycles. The zero-order valence-corrected chi connectivity index (χ0v) is 9.56. The number of esters is 1. The van der Waals surface area contributed by atoms with Crippen LogP contribution in [0.3, 0.4) is 0 Å². The van der Waals surface area contributed by atoms with E-state index >= 15 is 0 Å². The van der Waals surface area contributed by atoms with E-state index in [2.05, 4.69) is 11.3 Å². The molecule has 1 atom stereocenters. The lowest BCUT2D eigenvalue weighted by molar-refractivity contribution is -0.151. The van der Waals surface area contributed by atoms with Crippen molar-refractivity contribution >= 4 is 5.97 Å². The molecule has 0 amide bonds. The Bertz CT molecular complexity index is 246. The van der Waals surface area contributed by atoms with Crippen LogP contribution >= 0.6 is 0 Å². The SMILES string of the molecule is C=C(C(=O)OCC(C)CCCC)C(F)(F)F. The Kier molecular flexibility index (Phi) is 6.14. The number of rotatable bonds is 6. The maximum absolute atomic E-state index is 12.0. The summed E-state index contributed by atoms with van der Waals surface area (Å²) in [5.41, 5.74) is -1.45. The van der Waals surface area contributed by atoms with Gasteiger partial charge in [0.2, 0.25) is 0 Å². The van der Waals surface area contributed by atoms with Gasteiger partial charge in [-0.15, -0.1) is 0 Å². The zero-order valence-electron chi connectivity index (χ0n) is 9.56. The first-order valence-electron chi connectivity index (χ1n) is 5.22. The molecule has 0 fully saturated rings. The second kappa shape index (κ2) is 6.55. The van der Waals surface area contributed by atoms with Gasteiger partial charge >= 0.3 is 12.1 Å². The van der Waals surface area contributed by atoms with Gasteiger partial charge in [-0.3, -0.25) is 0 Å². The Hall–Kier alpha value is -1.00. The molecule has 94 valence electrons. The van der Waals surface area contributed by atoms with E-state index in [1.165, 1.54) is 0 Å². The molecule has 0 aliphatic rings. The maximum Gasteiger partial charge on any atom is 0.422 e. The molecule has 0 aromatic heterocycles. The summed E-state index contributed by atoms with van der Waals surface area (Å²) >= 11 is 0. The lowest BCUT2D eigenvalue weighted by Gasteiger charge is -2.13. The number of ether oxygens (including phenoxy) is 1. The highest BCUT2D eigenvalue weighted by molar-refractivity contribution is 5.89. The van der Waals surface area contributed by atoms with Crippen molar-refractivity contribution in [1.29, 1.82) is 0 Å². The summed E-state index contributed by atoms with van der Waals surface area (Å²) in [6.07, 6.45) is -1.89. The molecule has 0 rings (SSSR count). The van der Waals surface area contributed by atoms with Gasteiger partial charge in [0.1, 0.15) is 5.57 Å². The topological polar surface area (TPSA) is 26.3 Å². The van der Waals surface area contributed by atoms with Crippen molar-refractivity contribution in [2.24, 2.45) is 5.92 Å². The van der Waals surface area contributed by atoms with Gasteiger partial charge < -0.3 is 4.74 Å². The number of hydrogen-bond acceptors (Lipinski definition) is 2. The Morgan fingerprint density at radius 1 is 1.44 bits per heavy atom. The van der Waals surface area contributed by atoms with Gasteiger partial charge in [0.25, 0.3) is 0 Å². The highest BCUT2D eigenvalue weighted by Crippen LogP contribution is 2.25. The van der Waals surface area contributed by atoms with E-state index in [1.807, 2.05) is 13.8 Å². The lowest BCUT2D eigenvalue weighted by atomic mass is 10.1. The average molecular weight is 238 g/mol. The molecular formula is C11H17F3O2. The van der Waals surface area contributed by atoms with Crippen LogP contribution in [-0.2, 0) is 9.53 Å². The van der Waals surface area contributed by atoms with Gasteiger partial charge in [0.05, 0.1) is 6.61 Å². The highest BCUT2D eigenvalue weighted by atomic mass is 19.4. The summed E-state index contributed by atoms with van der Waals surface area (Å²) in [6, 6.07) is 0. The fourth-order valence-electron chi connectivity index (χ4n) is 1.06. The Morgan fingerprint density at radius 2 is 2.00 bits per heavy atom. The highest BCUT2D eigenvalue weighted by Gasteiger charge is 2.37. The van der Waals surface area contributed by atoms with Crippen LogP contribution in [0, 0.1) is 5.92 Å². The number of carbonyl (C=O) groups is 1. The largest absolute Gasteiger partial charge is 0.462 e. The predicted octanol–water partition coefficient (Wildman–Crippen LogP) is 3.47. The second-order valence-electron chi connectivity index (χ2n) is 3.82. The molecule has 16 heavy (non-hydrogen) atoms. The molecule has 5 heteroatoms. The van der Waals surface area contributed by atoms with Crippen molar-refractivity contribution in [3.63, 3.8) is 0 Å². The second-order valence-corrected chi connectivity index (χ2v) is 3.82. The maximum atomic E-state index is 12.0. The minimum absolute atomic E-state index is 0.00787. The number of hydrogen-bond donors (Lipinski definition) is 0. The Labute approximate surface area is 93.5 Å². The van der Waals surface area contributed by atoms with Crippen molar-refractivity contribution in [2.45, 2.75) is 39.3 Å². The molecule has 0 saturated heterocycles. The molecule has 2 nitrogen and oxygen atoms in total. The van der Waals surface area contributed by atoms with E-state index in [0.717, 1.165) is 19.3 Å². The van der Waals surface area contributed by atoms with E-state index < -0.39 is 17.7 Å². The number of halogens is 3. The Morgan fingerprint density at radius 3 is 2.44 bits per heavy atom. The molecule has 0 bridgehead atoms. The molecular weight excluding hydrogens is 221 g/mol. The fraction of sp³-hybridized carbons (Fsp3) is 0.727. The molecule has 0 saturated carbocycles. The monoisotopic (exact) mass is 238 g/mol. The van der Waals surface area contributed by atoms with Crippen LogP contribution in [0.4, 0.5) is 13.2 Å². The number of unbranched alkanes of at least 4 members (excludes halogenated alkanes) is 1. The van der Waals surface area contributed by atoms with Crippen molar-refractivity contribution in [3.05, 3.63) is 12.2 Å². The molecule has 0 heterocycles. The fourth-order valence-corrected chi connectivity index (χ4v) is 1.06. The zero-order chi connectivity index (χ0) is 12.8. The third-order valence-electron chi connectivity index (χ3n) is 2.14. The summed E-state index contributed by atoms with van der Waals surface area (Å²) < 4.78 is 40.6. The van der Waals surface area contributed by atoms with Gasteiger partial charge in [-0.25, -0.2) is 4.79 Å². The van der Waals surface area contributed by atoms with Gasteiger partial charge in [0, 0.05) is 0 Å². The van der Waals surface area contributed by atoms with E-state index in [0.29, 0.717) is 0 Å². The quantitative estimate of drug-likeness (QED) is 0.523. The average Bonchev–Trinajstić information content (AvgIpc) is 2.20. The van der Waals surface area contributed by atoms with Crippen LogP contribution < -0.4 is 0 Å². The minimum Gasteiger partial charge on any atom is -0.462 e. The molecule has 0 aliphatic heterocycles. The van der Waals surface area contributed by atoms with Crippen LogP contribution in [0.15, 0.2) is 12.2 Å². The first-order chi connectivity index (χ1) is 7.29. The molecule has 0 spiro atoms. The summed E-state index contributed by atoms with van der Waals surface area (Å²) in [5, 5.41) is 0. The molecule has 0 N–H and O–H groups in total. The number of carbonyl (C=O) groups excluding carboxylic acids is 1. The summed E-state index contributed by atoms with van der Waals surface area (Å²) in [5.74, 6) is -1.30. The van der Waals surface area contributed by atoms with Crippen LogP contribution in [-0.4, -0.2) is 18.8 Å². The first-order valence-corrected chi connectivity index (χ1v) is 5.22. The number of alkyl halides is 3. The van der Waals surface area contributed by atoms with Gasteiger partial charge in [0.15, 0.2) is 0 Å². The van der Waals surface area contributed by atoms with Gasteiger partial charge in [-0.1, -0.05) is 33.3 Å². The van der Waals surface area contributed by atoms with E-state index in [-0.39, 0.29) is 12.5 Å². The van der Waals surface area contributed by atoms with E-state index in [1.54, 1.807) is 0 Å². The van der Waals surface area contributed by atoms with E-state index in [4.69, 9.17) is 0 Å². The summed E-state index contributed by atoms with van der Waals surface area (Å²) in [6.45, 7) is 6.53.